The molecule has 0 aliphatic rings. The molecule has 0 heterocycles. The summed E-state index contributed by atoms with van der Waals surface area (Å²) in [6.07, 6.45) is 19.6. The Kier molecular flexibility index (Phi) is 17.0. The molecule has 0 rings (SSSR count). The number of carbonyl (C=O) groups is 1. The topological polar surface area (TPSA) is 29.1 Å². The van der Waals surface area contributed by atoms with Gasteiger partial charge in [-0.05, 0) is 19.3 Å². The third kappa shape index (κ3) is 14.5. The Morgan fingerprint density at radius 2 is 1.30 bits per heavy atom. The molecule has 0 unspecified atom stereocenters. The van der Waals surface area contributed by atoms with Crippen LogP contribution in [-0.4, -0.2) is 12.5 Å². The average Bonchev–Trinajstić information content (AvgIpc) is 2.56. The molecule has 0 radical (unpaired) electrons. The minimum absolute atomic E-state index is 0.163. The summed E-state index contributed by atoms with van der Waals surface area (Å²) in [5.74, 6) is 0.163. The minimum Gasteiger partial charge on any atom is -0.352 e. The Balaban J connectivity index is 3.53. The van der Waals surface area contributed by atoms with E-state index in [-0.39, 0.29) is 5.91 Å². The quantitative estimate of drug-likeness (QED) is 0.253. The zero-order valence-corrected chi connectivity index (χ0v) is 16.1. The fourth-order valence-corrected chi connectivity index (χ4v) is 2.82. The maximum Gasteiger partial charge on any atom is 0.246 e. The molecule has 0 aromatic carbocycles. The highest BCUT2D eigenvalue weighted by Gasteiger charge is 2.06. The molecular weight excluding hydrogens is 282 g/mol. The summed E-state index contributed by atoms with van der Waals surface area (Å²) < 4.78 is 0. The molecule has 0 aromatic heterocycles. The lowest BCUT2D eigenvalue weighted by Gasteiger charge is -2.08. The van der Waals surface area contributed by atoms with E-state index in [9.17, 15) is 4.79 Å². The van der Waals surface area contributed by atoms with Crippen molar-refractivity contribution in [1.82, 2.24) is 5.32 Å². The lowest BCUT2D eigenvalue weighted by molar-refractivity contribution is -0.117. The summed E-state index contributed by atoms with van der Waals surface area (Å²) in [5, 5.41) is 3.09. The van der Waals surface area contributed by atoms with Gasteiger partial charge in [0.05, 0.1) is 0 Å². The molecule has 2 nitrogen and oxygen atoms in total. The molecule has 0 saturated heterocycles. The van der Waals surface area contributed by atoms with Gasteiger partial charge in [0, 0.05) is 12.1 Å². The van der Waals surface area contributed by atoms with Gasteiger partial charge in [-0.15, -0.1) is 0 Å². The normalized spacial score (nSPS) is 11.7. The van der Waals surface area contributed by atoms with Gasteiger partial charge in [-0.3, -0.25) is 4.79 Å². The lowest BCUT2D eigenvalue weighted by atomic mass is 10.1. The SMILES string of the molecule is CCC/C=C(\CCC)C(=O)NCCCCCCCCCCCC. The fraction of sp³-hybridized carbons (Fsp3) is 0.857. The van der Waals surface area contributed by atoms with E-state index in [1.54, 1.807) is 0 Å². The van der Waals surface area contributed by atoms with E-state index in [1.165, 1.54) is 57.8 Å². The van der Waals surface area contributed by atoms with Crippen molar-refractivity contribution in [3.8, 4) is 0 Å². The van der Waals surface area contributed by atoms with E-state index in [1.807, 2.05) is 0 Å². The largest absolute Gasteiger partial charge is 0.352 e. The second-order valence-electron chi connectivity index (χ2n) is 6.71. The van der Waals surface area contributed by atoms with Crippen LogP contribution in [0.25, 0.3) is 0 Å². The van der Waals surface area contributed by atoms with Gasteiger partial charge in [-0.25, -0.2) is 0 Å². The van der Waals surface area contributed by atoms with Crippen molar-refractivity contribution in [2.45, 2.75) is 111 Å². The molecule has 0 aromatic rings. The van der Waals surface area contributed by atoms with Crippen molar-refractivity contribution >= 4 is 5.91 Å². The molecule has 2 heteroatoms. The van der Waals surface area contributed by atoms with Crippen molar-refractivity contribution < 1.29 is 4.79 Å². The highest BCUT2D eigenvalue weighted by molar-refractivity contribution is 5.93. The van der Waals surface area contributed by atoms with Crippen LogP contribution in [0.2, 0.25) is 0 Å². The minimum atomic E-state index is 0.163. The summed E-state index contributed by atoms with van der Waals surface area (Å²) in [7, 11) is 0. The smallest absolute Gasteiger partial charge is 0.246 e. The van der Waals surface area contributed by atoms with Crippen molar-refractivity contribution in [1.29, 1.82) is 0 Å². The molecule has 0 bridgehead atoms. The maximum atomic E-state index is 12.1. The molecule has 0 aliphatic carbocycles. The van der Waals surface area contributed by atoms with Crippen LogP contribution in [-0.2, 0) is 4.79 Å². The van der Waals surface area contributed by atoms with Crippen LogP contribution >= 0.6 is 0 Å². The van der Waals surface area contributed by atoms with Crippen molar-refractivity contribution in [3.05, 3.63) is 11.6 Å². The molecular formula is C21H41NO. The molecule has 1 N–H and O–H groups in total. The van der Waals surface area contributed by atoms with E-state index in [2.05, 4.69) is 32.2 Å². The Bertz CT molecular complexity index is 296. The standard InChI is InChI=1S/C21H41NO/c1-4-7-9-10-11-12-13-14-15-16-19-22-21(23)20(17-6-3)18-8-5-2/h18H,4-17,19H2,1-3H3,(H,22,23)/b20-18+. The fourth-order valence-electron chi connectivity index (χ4n) is 2.82. The monoisotopic (exact) mass is 323 g/mol. The molecule has 0 fully saturated rings. The van der Waals surface area contributed by atoms with Gasteiger partial charge >= 0.3 is 0 Å². The first-order valence-electron chi connectivity index (χ1n) is 10.2. The maximum absolute atomic E-state index is 12.1. The molecule has 23 heavy (non-hydrogen) atoms. The van der Waals surface area contributed by atoms with Gasteiger partial charge < -0.3 is 5.32 Å². The number of allylic oxidation sites excluding steroid dienone is 1. The van der Waals surface area contributed by atoms with Gasteiger partial charge in [-0.2, -0.15) is 0 Å². The molecule has 0 spiro atoms. The van der Waals surface area contributed by atoms with E-state index in [0.717, 1.165) is 44.2 Å². The Morgan fingerprint density at radius 1 is 0.739 bits per heavy atom. The van der Waals surface area contributed by atoms with Gasteiger partial charge in [0.2, 0.25) is 5.91 Å². The average molecular weight is 324 g/mol. The first-order chi connectivity index (χ1) is 11.3. The van der Waals surface area contributed by atoms with E-state index in [4.69, 9.17) is 0 Å². The van der Waals surface area contributed by atoms with Gasteiger partial charge in [0.25, 0.3) is 0 Å². The van der Waals surface area contributed by atoms with Gasteiger partial charge in [0.1, 0.15) is 0 Å². The van der Waals surface area contributed by atoms with Crippen LogP contribution in [0.1, 0.15) is 111 Å². The summed E-state index contributed by atoms with van der Waals surface area (Å²) in [6, 6.07) is 0. The molecule has 0 atom stereocenters. The van der Waals surface area contributed by atoms with Crippen molar-refractivity contribution in [2.24, 2.45) is 0 Å². The molecule has 0 saturated carbocycles. The van der Waals surface area contributed by atoms with Crippen LogP contribution in [0.15, 0.2) is 11.6 Å². The predicted molar refractivity (Wildman–Crippen MR) is 103 cm³/mol. The molecule has 0 aliphatic heterocycles. The molecule has 136 valence electrons. The van der Waals surface area contributed by atoms with E-state index >= 15 is 0 Å². The summed E-state index contributed by atoms with van der Waals surface area (Å²) in [4.78, 5) is 12.1. The molecule has 1 amide bonds. The van der Waals surface area contributed by atoms with E-state index in [0.29, 0.717) is 0 Å². The summed E-state index contributed by atoms with van der Waals surface area (Å²) in [6.45, 7) is 7.39. The summed E-state index contributed by atoms with van der Waals surface area (Å²) >= 11 is 0. The van der Waals surface area contributed by atoms with Crippen LogP contribution in [0.5, 0.6) is 0 Å². The Morgan fingerprint density at radius 3 is 1.83 bits per heavy atom. The number of unbranched alkanes of at least 4 members (excludes halogenated alkanes) is 10. The first-order valence-corrected chi connectivity index (χ1v) is 10.2. The Hall–Kier alpha value is -0.790. The van der Waals surface area contributed by atoms with Crippen molar-refractivity contribution in [2.75, 3.05) is 6.54 Å². The lowest BCUT2D eigenvalue weighted by Crippen LogP contribution is -2.26. The van der Waals surface area contributed by atoms with Gasteiger partial charge in [-0.1, -0.05) is 97.5 Å². The van der Waals surface area contributed by atoms with E-state index < -0.39 is 0 Å². The third-order valence-corrected chi connectivity index (χ3v) is 4.31. The van der Waals surface area contributed by atoms with Crippen LogP contribution in [0.4, 0.5) is 0 Å². The number of rotatable bonds is 16. The number of carbonyl (C=O) groups excluding carboxylic acids is 1. The second-order valence-corrected chi connectivity index (χ2v) is 6.71. The second kappa shape index (κ2) is 17.6. The zero-order valence-electron chi connectivity index (χ0n) is 16.1. The summed E-state index contributed by atoms with van der Waals surface area (Å²) in [5.41, 5.74) is 0.987. The van der Waals surface area contributed by atoms with Gasteiger partial charge in [0.15, 0.2) is 0 Å². The first kappa shape index (κ1) is 22.2. The van der Waals surface area contributed by atoms with Crippen LogP contribution in [0.3, 0.4) is 0 Å². The Labute approximate surface area is 145 Å². The highest BCUT2D eigenvalue weighted by Crippen LogP contribution is 2.11. The number of nitrogens with one attached hydrogen (secondary N) is 1. The predicted octanol–water partition coefficient (Wildman–Crippen LogP) is 6.55. The number of amides is 1. The third-order valence-electron chi connectivity index (χ3n) is 4.31. The van der Waals surface area contributed by atoms with Crippen LogP contribution in [0, 0.1) is 0 Å². The van der Waals surface area contributed by atoms with Crippen molar-refractivity contribution in [3.63, 3.8) is 0 Å². The zero-order chi connectivity index (χ0) is 17.2. The number of hydrogen-bond donors (Lipinski definition) is 1. The van der Waals surface area contributed by atoms with Crippen LogP contribution < -0.4 is 5.32 Å². The highest BCUT2D eigenvalue weighted by atomic mass is 16.1. The number of hydrogen-bond acceptors (Lipinski definition) is 1.